The largest absolute Gasteiger partial charge is 0.507 e. The average Bonchev–Trinajstić information content (AvgIpc) is 3.05. The maximum absolute atomic E-state index is 13.0. The highest BCUT2D eigenvalue weighted by atomic mass is 16.5. The molecule has 2 aromatic carbocycles. The van der Waals surface area contributed by atoms with Gasteiger partial charge in [0.25, 0.3) is 11.7 Å². The number of nitrogens with zero attached hydrogens (tertiary/aromatic N) is 1. The Kier molecular flexibility index (Phi) is 7.53. The minimum absolute atomic E-state index is 0.0199. The molecule has 0 bridgehead atoms. The fourth-order valence-corrected chi connectivity index (χ4v) is 3.64. The molecule has 0 radical (unpaired) electrons. The predicted octanol–water partition coefficient (Wildman–Crippen LogP) is 3.80. The van der Waals surface area contributed by atoms with E-state index in [1.54, 1.807) is 48.5 Å². The molecule has 1 saturated heterocycles. The van der Waals surface area contributed by atoms with Gasteiger partial charge in [-0.1, -0.05) is 32.0 Å². The van der Waals surface area contributed by atoms with E-state index < -0.39 is 17.7 Å². The molecular weight excluding hydrogens is 410 g/mol. The molecule has 0 aliphatic carbocycles. The normalized spacial score (nSPS) is 17.8. The molecule has 7 nitrogen and oxygen atoms in total. The van der Waals surface area contributed by atoms with E-state index in [1.165, 1.54) is 19.1 Å². The zero-order valence-electron chi connectivity index (χ0n) is 18.8. The Hall–Kier alpha value is -3.32. The van der Waals surface area contributed by atoms with E-state index in [4.69, 9.17) is 14.2 Å². The molecule has 0 spiro atoms. The smallest absolute Gasteiger partial charge is 0.295 e. The van der Waals surface area contributed by atoms with Crippen molar-refractivity contribution in [1.29, 1.82) is 0 Å². The topological polar surface area (TPSA) is 85.3 Å². The van der Waals surface area contributed by atoms with E-state index in [9.17, 15) is 14.7 Å². The number of amides is 1. The van der Waals surface area contributed by atoms with Crippen molar-refractivity contribution >= 4 is 17.4 Å². The Morgan fingerprint density at radius 1 is 1.06 bits per heavy atom. The van der Waals surface area contributed by atoms with E-state index in [-0.39, 0.29) is 24.5 Å². The van der Waals surface area contributed by atoms with Crippen molar-refractivity contribution in [2.24, 2.45) is 5.92 Å². The number of aliphatic hydroxyl groups excluding tert-OH is 1. The zero-order chi connectivity index (χ0) is 23.3. The number of rotatable bonds is 9. The summed E-state index contributed by atoms with van der Waals surface area (Å²) >= 11 is 0. The second-order valence-corrected chi connectivity index (χ2v) is 7.96. The lowest BCUT2D eigenvalue weighted by atomic mass is 9.94. The second kappa shape index (κ2) is 10.3. The second-order valence-electron chi connectivity index (χ2n) is 7.96. The van der Waals surface area contributed by atoms with Crippen molar-refractivity contribution in [2.75, 3.05) is 34.0 Å². The van der Waals surface area contributed by atoms with Crippen molar-refractivity contribution in [3.8, 4) is 11.5 Å². The van der Waals surface area contributed by atoms with Crippen LogP contribution in [0, 0.1) is 5.92 Å². The van der Waals surface area contributed by atoms with Gasteiger partial charge in [0, 0.05) is 24.8 Å². The molecule has 7 heteroatoms. The number of Topliss-reactive ketones (excluding diaryl/α,β-unsaturated/α-hetero) is 1. The van der Waals surface area contributed by atoms with E-state index >= 15 is 0 Å². The lowest BCUT2D eigenvalue weighted by molar-refractivity contribution is -0.140. The van der Waals surface area contributed by atoms with Crippen LogP contribution in [-0.4, -0.2) is 55.7 Å². The summed E-state index contributed by atoms with van der Waals surface area (Å²) in [6.45, 7) is 5.13. The first-order valence-corrected chi connectivity index (χ1v) is 10.5. The van der Waals surface area contributed by atoms with Gasteiger partial charge in [-0.15, -0.1) is 0 Å². The van der Waals surface area contributed by atoms with E-state index in [2.05, 4.69) is 13.8 Å². The number of hydrogen-bond acceptors (Lipinski definition) is 6. The van der Waals surface area contributed by atoms with Gasteiger partial charge in [-0.05, 0) is 36.2 Å². The van der Waals surface area contributed by atoms with Crippen molar-refractivity contribution in [3.05, 3.63) is 65.2 Å². The van der Waals surface area contributed by atoms with Crippen molar-refractivity contribution in [2.45, 2.75) is 19.9 Å². The van der Waals surface area contributed by atoms with Gasteiger partial charge in [0.1, 0.15) is 17.3 Å². The number of hydrogen-bond donors (Lipinski definition) is 1. The molecule has 1 aliphatic heterocycles. The first kappa shape index (κ1) is 23.3. The summed E-state index contributed by atoms with van der Waals surface area (Å²) in [6, 6.07) is 13.2. The fourth-order valence-electron chi connectivity index (χ4n) is 3.64. The standard InChI is InChI=1S/C25H29NO6/c1-16(2)15-32-18-11-9-17(10-12-18)23(27)21-22(19-7-5-6-8-20(19)31-4)26(13-14-30-3)25(29)24(21)28/h5-12,16,22,27H,13-15H2,1-4H3/b23-21+/t22-/m0/s1. The van der Waals surface area contributed by atoms with Gasteiger partial charge in [0.15, 0.2) is 0 Å². The van der Waals surface area contributed by atoms with Crippen LogP contribution < -0.4 is 9.47 Å². The van der Waals surface area contributed by atoms with Crippen molar-refractivity contribution in [3.63, 3.8) is 0 Å². The number of ketones is 1. The minimum atomic E-state index is -0.793. The molecule has 0 saturated carbocycles. The Balaban J connectivity index is 2.07. The van der Waals surface area contributed by atoms with E-state index in [0.29, 0.717) is 35.2 Å². The number of methoxy groups -OCH3 is 2. The van der Waals surface area contributed by atoms with E-state index in [1.807, 2.05) is 0 Å². The fraction of sp³-hybridized carbons (Fsp3) is 0.360. The van der Waals surface area contributed by atoms with Crippen LogP contribution in [0.4, 0.5) is 0 Å². The molecule has 0 unspecified atom stereocenters. The van der Waals surface area contributed by atoms with Crippen molar-refractivity contribution in [1.82, 2.24) is 4.90 Å². The van der Waals surface area contributed by atoms with Gasteiger partial charge >= 0.3 is 0 Å². The number of carbonyl (C=O) groups excluding carboxylic acids is 2. The third kappa shape index (κ3) is 4.78. The number of aliphatic hydroxyl groups is 1. The SMILES string of the molecule is COCCN1C(=O)C(=O)/C(=C(/O)c2ccc(OCC(C)C)cc2)[C@@H]1c1ccccc1OC. The Labute approximate surface area is 188 Å². The average molecular weight is 440 g/mol. The molecule has 1 fully saturated rings. The molecule has 1 atom stereocenters. The summed E-state index contributed by atoms with van der Waals surface area (Å²) in [6.07, 6.45) is 0. The zero-order valence-corrected chi connectivity index (χ0v) is 18.8. The van der Waals surface area contributed by atoms with Crippen LogP contribution in [0.1, 0.15) is 31.0 Å². The molecule has 1 aliphatic rings. The van der Waals surface area contributed by atoms with Crippen LogP contribution in [0.25, 0.3) is 5.76 Å². The van der Waals surface area contributed by atoms with Gasteiger partial charge in [0.05, 0.1) is 31.9 Å². The molecule has 3 rings (SSSR count). The maximum atomic E-state index is 13.0. The highest BCUT2D eigenvalue weighted by molar-refractivity contribution is 6.46. The molecular formula is C25H29NO6. The predicted molar refractivity (Wildman–Crippen MR) is 121 cm³/mol. The summed E-state index contributed by atoms with van der Waals surface area (Å²) in [5.41, 5.74) is 1.06. The van der Waals surface area contributed by atoms with Crippen molar-refractivity contribution < 1.29 is 28.9 Å². The lowest BCUT2D eigenvalue weighted by Gasteiger charge is -2.26. The van der Waals surface area contributed by atoms with Crippen LogP contribution in [0.3, 0.4) is 0 Å². The number of carbonyl (C=O) groups is 2. The summed E-state index contributed by atoms with van der Waals surface area (Å²) in [5.74, 6) is -0.102. The summed E-state index contributed by atoms with van der Waals surface area (Å²) in [5, 5.41) is 11.1. The monoisotopic (exact) mass is 439 g/mol. The summed E-state index contributed by atoms with van der Waals surface area (Å²) in [7, 11) is 3.05. The van der Waals surface area contributed by atoms with Gasteiger partial charge in [-0.3, -0.25) is 9.59 Å². The molecule has 170 valence electrons. The van der Waals surface area contributed by atoms with Gasteiger partial charge in [-0.2, -0.15) is 0 Å². The third-order valence-corrected chi connectivity index (χ3v) is 5.22. The van der Waals surface area contributed by atoms with Crippen LogP contribution in [0.5, 0.6) is 11.5 Å². The summed E-state index contributed by atoms with van der Waals surface area (Å²) in [4.78, 5) is 27.3. The number of likely N-dealkylation sites (tertiary alicyclic amines) is 1. The highest BCUT2D eigenvalue weighted by Crippen LogP contribution is 2.42. The minimum Gasteiger partial charge on any atom is -0.507 e. The molecule has 1 N–H and O–H groups in total. The molecule has 32 heavy (non-hydrogen) atoms. The molecule has 1 heterocycles. The quantitative estimate of drug-likeness (QED) is 0.363. The third-order valence-electron chi connectivity index (χ3n) is 5.22. The molecule has 0 aromatic heterocycles. The van der Waals surface area contributed by atoms with E-state index in [0.717, 1.165) is 0 Å². The van der Waals surface area contributed by atoms with Gasteiger partial charge < -0.3 is 24.2 Å². The number of para-hydroxylation sites is 1. The first-order valence-electron chi connectivity index (χ1n) is 10.5. The van der Waals surface area contributed by atoms with Crippen LogP contribution in [0.15, 0.2) is 54.1 Å². The first-order chi connectivity index (χ1) is 15.4. The molecule has 1 amide bonds. The van der Waals surface area contributed by atoms with Crippen LogP contribution >= 0.6 is 0 Å². The Bertz CT molecular complexity index is 996. The Morgan fingerprint density at radius 3 is 2.38 bits per heavy atom. The summed E-state index contributed by atoms with van der Waals surface area (Å²) < 4.78 is 16.3. The lowest BCUT2D eigenvalue weighted by Crippen LogP contribution is -2.32. The highest BCUT2D eigenvalue weighted by Gasteiger charge is 2.46. The van der Waals surface area contributed by atoms with Gasteiger partial charge in [0.2, 0.25) is 0 Å². The number of ether oxygens (including phenoxy) is 3. The van der Waals surface area contributed by atoms with Crippen LogP contribution in [-0.2, 0) is 14.3 Å². The Morgan fingerprint density at radius 2 is 1.75 bits per heavy atom. The van der Waals surface area contributed by atoms with Gasteiger partial charge in [-0.25, -0.2) is 0 Å². The number of benzene rings is 2. The van der Waals surface area contributed by atoms with Crippen LogP contribution in [0.2, 0.25) is 0 Å². The molecule has 2 aromatic rings. The maximum Gasteiger partial charge on any atom is 0.295 e.